The number of piperidine rings is 1. The lowest BCUT2D eigenvalue weighted by molar-refractivity contribution is -0.202. The number of nitrogens with one attached hydrogen (secondary N) is 3. The molecular weight excluding hydrogens is 1750 g/mol. The molecule has 2 bridgehead atoms. The number of nitrogens with zero attached hydrogens (tertiary/aromatic N) is 3. The largest absolute Gasteiger partial charge is 0.481 e. The molecule has 2 amide bonds. The molecule has 12 N–H and O–H groups in total. The predicted molar refractivity (Wildman–Crippen MR) is 491 cm³/mol. The summed E-state index contributed by atoms with van der Waals surface area (Å²) < 4.78 is 62.1. The van der Waals surface area contributed by atoms with Crippen LogP contribution in [0.15, 0.2) is 48.6 Å². The smallest absolute Gasteiger partial charge is 0.373 e. The van der Waals surface area contributed by atoms with E-state index < -0.39 is 118 Å². The van der Waals surface area contributed by atoms with E-state index >= 15 is 4.79 Å². The second-order valence-corrected chi connectivity index (χ2v) is 35.4. The molecule has 3 aromatic rings. The molecule has 1 spiro atoms. The van der Waals surface area contributed by atoms with Gasteiger partial charge in [-0.05, 0) is 164 Å². The van der Waals surface area contributed by atoms with Gasteiger partial charge in [-0.3, -0.25) is 43.4 Å². The van der Waals surface area contributed by atoms with Gasteiger partial charge in [0.05, 0.1) is 75.7 Å². The number of aliphatic hydroxyl groups is 8. The number of ketones is 1. The summed E-state index contributed by atoms with van der Waals surface area (Å²) >= 11 is 3.98. The van der Waals surface area contributed by atoms with Crippen molar-refractivity contribution in [3.8, 4) is 0 Å². The van der Waals surface area contributed by atoms with Crippen LogP contribution in [0.25, 0.3) is 10.9 Å². The fourth-order valence-corrected chi connectivity index (χ4v) is 19.2. The number of aliphatic hydroxyl groups excluding tert-OH is 6. The zero-order valence-electron chi connectivity index (χ0n) is 80.3. The second kappa shape index (κ2) is 58.3. The molecule has 1 saturated carbocycles. The second-order valence-electron chi connectivity index (χ2n) is 34.9. The van der Waals surface area contributed by atoms with Crippen LogP contribution in [0.3, 0.4) is 0 Å². The highest BCUT2D eigenvalue weighted by Gasteiger charge is 2.78. The van der Waals surface area contributed by atoms with E-state index in [0.29, 0.717) is 83.2 Å². The summed E-state index contributed by atoms with van der Waals surface area (Å²) in [4.78, 5) is 125. The summed E-state index contributed by atoms with van der Waals surface area (Å²) in [5.74, 6) is -3.21. The Kier molecular flexibility index (Phi) is 50.8. The van der Waals surface area contributed by atoms with Gasteiger partial charge in [-0.2, -0.15) is 22.2 Å². The number of aromatic amines is 1. The number of likely N-dealkylation sites (N-methyl/N-ethyl adjacent to an activating group) is 1. The summed E-state index contributed by atoms with van der Waals surface area (Å²) in [6.07, 6.45) is 7.26. The molecule has 133 heavy (non-hydrogen) atoms. The number of carbonyl (C=O) groups is 8. The summed E-state index contributed by atoms with van der Waals surface area (Å²) in [6.45, 7) is 21.2. The summed E-state index contributed by atoms with van der Waals surface area (Å²) in [7, 11) is 7.69. The molecule has 754 valence electrons. The molecule has 6 aliphatic rings. The van der Waals surface area contributed by atoms with Crippen LogP contribution >= 0.6 is 12.6 Å². The first-order chi connectivity index (χ1) is 63.5. The first-order valence-corrected chi connectivity index (χ1v) is 47.3. The molecule has 1 aromatic heterocycles. The highest BCUT2D eigenvalue weighted by Crippen LogP contribution is 2.67. The Balaban J connectivity index is 0.000000459. The highest BCUT2D eigenvalue weighted by molar-refractivity contribution is 7.80. The van der Waals surface area contributed by atoms with E-state index in [-0.39, 0.29) is 166 Å². The van der Waals surface area contributed by atoms with Gasteiger partial charge in [-0.1, -0.05) is 78.0 Å². The number of anilines is 1. The number of carboxylic acid groups (broad SMARTS) is 1. The summed E-state index contributed by atoms with van der Waals surface area (Å²) in [5, 5.41) is 98.2. The van der Waals surface area contributed by atoms with Gasteiger partial charge in [0.15, 0.2) is 36.5 Å². The van der Waals surface area contributed by atoms with Gasteiger partial charge in [0.2, 0.25) is 11.8 Å². The number of amides is 2. The number of carbonyl (C=O) groups excluding carboxylic acids is 9. The Bertz CT molecular complexity index is 4110. The SMILES string of the molecule is CCC(CO)OC(CO)OC.CCC(CO)OC(COC(=O)CCCC(=O)NC(C)C(=O)OCCCCC(=O)[C@]1(O)C2N(C)c3cc(C)c([C@@]4(C)C[C@@H]5CN(CCc6c4[nH]c4ccccc64)CC(O)(CC)C5)cc3[C@@]23CCN2CC=C[C@](CC)(C23)[C@H]1O)OC.CCC(CO)OC(COC(=O)CCCC(=O)NCCS)OC.CCC(CO)OC(COC(=O)CCCC(=O)O)OC.O=C=O. The Morgan fingerprint density at radius 3 is 1.64 bits per heavy atom. The topological polar surface area (TPSA) is 513 Å². The molecular formula is C95H152N6O31S. The van der Waals surface area contributed by atoms with Gasteiger partial charge in [-0.25, -0.2) is 4.79 Å². The molecule has 2 saturated heterocycles. The first-order valence-electron chi connectivity index (χ1n) is 46.6. The molecule has 19 atom stereocenters. The number of rotatable bonds is 52. The number of para-hydroxylation sites is 1. The maximum absolute atomic E-state index is 15.2. The minimum absolute atomic E-state index is 0.0183. The van der Waals surface area contributed by atoms with E-state index in [0.717, 1.165) is 61.2 Å². The van der Waals surface area contributed by atoms with Crippen LogP contribution in [0.5, 0.6) is 0 Å². The number of benzene rings is 2. The van der Waals surface area contributed by atoms with E-state index in [1.54, 1.807) is 0 Å². The van der Waals surface area contributed by atoms with E-state index in [4.69, 9.17) is 92.0 Å². The number of H-pyrrole nitrogens is 1. The van der Waals surface area contributed by atoms with Gasteiger partial charge in [0.25, 0.3) is 0 Å². The molecule has 1 aliphatic carbocycles. The van der Waals surface area contributed by atoms with E-state index in [9.17, 15) is 54.0 Å². The number of methoxy groups -OCH3 is 4. The third kappa shape index (κ3) is 32.0. The van der Waals surface area contributed by atoms with Crippen LogP contribution in [0.4, 0.5) is 5.69 Å². The van der Waals surface area contributed by atoms with Gasteiger partial charge in [-0.15, -0.1) is 0 Å². The van der Waals surface area contributed by atoms with Crippen molar-refractivity contribution in [2.24, 2.45) is 11.3 Å². The third-order valence-corrected chi connectivity index (χ3v) is 26.3. The van der Waals surface area contributed by atoms with Crippen molar-refractivity contribution in [1.82, 2.24) is 25.4 Å². The van der Waals surface area contributed by atoms with Crippen molar-refractivity contribution in [2.45, 2.75) is 299 Å². The number of Topliss-reactive ketones (excluding diaryl/α,β-unsaturated/α-hetero) is 1. The lowest BCUT2D eigenvalue weighted by atomic mass is 9.47. The molecule has 38 heteroatoms. The fraction of sp³-hybridized carbons (Fsp3) is 0.737. The maximum Gasteiger partial charge on any atom is 0.373 e. The van der Waals surface area contributed by atoms with Crippen LogP contribution in [0.2, 0.25) is 0 Å². The number of esters is 4. The zero-order valence-corrected chi connectivity index (χ0v) is 81.2. The van der Waals surface area contributed by atoms with Crippen LogP contribution in [0, 0.1) is 18.3 Å². The van der Waals surface area contributed by atoms with Crippen molar-refractivity contribution < 1.29 is 151 Å². The Labute approximate surface area is 787 Å². The van der Waals surface area contributed by atoms with Crippen molar-refractivity contribution in [3.05, 3.63) is 76.5 Å². The van der Waals surface area contributed by atoms with E-state index in [1.165, 1.54) is 57.6 Å². The number of fused-ring (bicyclic) bond motifs is 6. The molecule has 5 aliphatic heterocycles. The number of carboxylic acids is 1. The number of aryl methyl sites for hydroxylation is 1. The third-order valence-electron chi connectivity index (χ3n) is 26.0. The summed E-state index contributed by atoms with van der Waals surface area (Å²) in [6, 6.07) is 11.4. The maximum atomic E-state index is 15.2. The standard InChI is InChI=1S/C61H87N5O12.C14H27NO6S.C12H22O7.C7H16O4.CO2/c1-9-41(35-67)78-51(75-8)36-77-50(70)22-16-21-49(69)62-39(5)53(71)76-29-15-14-20-48(68)61(74)55-60(25-28-66-26-17-24-59(11-3,54(60)66)56(61)72)45-31-44(38(4)30-47(45)64(55)7)57(6)32-40-33-58(73,10-2)37-65(34-40)27-23-43-42-18-12-13-19-46(42)63-52(43)57;1-3-11(9-16)21-14(19-2)10-20-13(18)6-4-5-12(17)15-7-8-22;1-3-9(7-13)19-12(17-2)8-18-11(16)6-4-5-10(14)15;1-3-6(4-8)11-7(5-9)10-2;2-1-3/h12-13,17-19,24,30-31,39-41,51,54-56,63,67,72-74H,9-11,14-16,20-23,25-29,32-37H2,1-8H3,(H,62,69);11,14,16,22H,3-10H2,1-2H3,(H,15,17);9,12-13H,3-8H2,1-2H3,(H,14,15);6-9H,3-5H2,1-2H3;/t39?,40-,41?,51?,54?,55?,56+,57+,58?,59+,60+,61-;;;;/m0..../s1. The van der Waals surface area contributed by atoms with E-state index in [2.05, 4.69) is 119 Å². The predicted octanol–water partition coefficient (Wildman–Crippen LogP) is 5.86. The number of unbranched alkanes of at least 4 members (excludes halogenated alkanes) is 1. The minimum Gasteiger partial charge on any atom is -0.481 e. The minimum atomic E-state index is -2.17. The average molecular weight is 1910 g/mol. The fourth-order valence-electron chi connectivity index (χ4n) is 19.1. The number of hydrogen-bond acceptors (Lipinski definition) is 34. The molecule has 6 heterocycles. The normalized spacial score (nSPS) is 24.5. The Morgan fingerprint density at radius 1 is 0.632 bits per heavy atom. The Morgan fingerprint density at radius 2 is 1.15 bits per heavy atom. The number of hydrogen-bond donors (Lipinski definition) is 13. The molecule has 9 rings (SSSR count). The van der Waals surface area contributed by atoms with Gasteiger partial charge >= 0.3 is 36.0 Å². The molecule has 3 fully saturated rings. The number of ether oxygens (including phenoxy) is 12. The zero-order chi connectivity index (χ0) is 98.8. The molecule has 0 radical (unpaired) electrons. The van der Waals surface area contributed by atoms with Crippen molar-refractivity contribution in [2.75, 3.05) is 145 Å². The highest BCUT2D eigenvalue weighted by atomic mass is 32.1. The van der Waals surface area contributed by atoms with Gasteiger partial charge in [0, 0.05) is 163 Å². The Hall–Kier alpha value is -7.51. The van der Waals surface area contributed by atoms with Crippen molar-refractivity contribution >= 4 is 82.8 Å². The van der Waals surface area contributed by atoms with Gasteiger partial charge < -0.3 is 123 Å². The molecule has 13 unspecified atom stereocenters. The lowest BCUT2D eigenvalue weighted by Gasteiger charge is -2.63. The van der Waals surface area contributed by atoms with Crippen LogP contribution in [0.1, 0.15) is 218 Å². The quantitative estimate of drug-likeness (QED) is 0.00785. The van der Waals surface area contributed by atoms with E-state index in [1.807, 2.05) is 34.7 Å². The van der Waals surface area contributed by atoms with Crippen LogP contribution < -0.4 is 15.5 Å². The summed E-state index contributed by atoms with van der Waals surface area (Å²) in [5.41, 5.74) is 2.93. The molecule has 37 nitrogen and oxygen atoms in total. The van der Waals surface area contributed by atoms with Gasteiger partial charge in [0.1, 0.15) is 32.0 Å². The lowest BCUT2D eigenvalue weighted by Crippen LogP contribution is -2.80. The number of thiol groups is 1. The number of aromatic nitrogens is 1. The van der Waals surface area contributed by atoms with Crippen LogP contribution in [-0.4, -0.2) is 339 Å². The number of aliphatic carboxylic acids is 1. The monoisotopic (exact) mass is 1910 g/mol. The first kappa shape index (κ1) is 116. The van der Waals surface area contributed by atoms with Crippen LogP contribution in [-0.2, 0) is 122 Å². The molecule has 2 aromatic carbocycles. The van der Waals surface area contributed by atoms with Crippen molar-refractivity contribution in [3.63, 3.8) is 0 Å². The van der Waals surface area contributed by atoms with Crippen molar-refractivity contribution in [1.29, 1.82) is 0 Å². The average Bonchev–Trinajstić information content (AvgIpc) is 1.48.